The molecule has 19 heavy (non-hydrogen) atoms. The summed E-state index contributed by atoms with van der Waals surface area (Å²) >= 11 is 0. The molecule has 4 nitrogen and oxygen atoms in total. The van der Waals surface area contributed by atoms with Gasteiger partial charge in [0.05, 0.1) is 18.9 Å². The Labute approximate surface area is 111 Å². The highest BCUT2D eigenvalue weighted by atomic mass is 19.3. The molecular weight excluding hydrogens is 254 g/mol. The molecule has 0 atom stereocenters. The van der Waals surface area contributed by atoms with Crippen molar-refractivity contribution in [2.45, 2.75) is 19.8 Å². The molecule has 0 radical (unpaired) electrons. The summed E-state index contributed by atoms with van der Waals surface area (Å²) in [7, 11) is 0. The molecule has 3 N–H and O–H groups in total. The van der Waals surface area contributed by atoms with Crippen molar-refractivity contribution < 1.29 is 18.3 Å². The summed E-state index contributed by atoms with van der Waals surface area (Å²) in [6.45, 7) is 2.75. The molecule has 0 heterocycles. The van der Waals surface area contributed by atoms with Crippen LogP contribution in [0.25, 0.3) is 0 Å². The quantitative estimate of drug-likeness (QED) is 0.537. The van der Waals surface area contributed by atoms with Gasteiger partial charge in [-0.15, -0.1) is 0 Å². The largest absolute Gasteiger partial charge is 0.491 e. The molecule has 1 aromatic rings. The van der Waals surface area contributed by atoms with Gasteiger partial charge in [-0.3, -0.25) is 0 Å². The lowest BCUT2D eigenvalue weighted by Crippen LogP contribution is -2.13. The molecule has 0 saturated heterocycles. The molecule has 108 valence electrons. The maximum Gasteiger partial charge on any atom is 0.261 e. The number of ether oxygens (including phenoxy) is 2. The number of hydrogen-bond donors (Lipinski definition) is 2. The van der Waals surface area contributed by atoms with E-state index in [0.29, 0.717) is 24.6 Å². The van der Waals surface area contributed by atoms with Crippen molar-refractivity contribution in [3.63, 3.8) is 0 Å². The van der Waals surface area contributed by atoms with Crippen LogP contribution in [0.5, 0.6) is 5.75 Å². The van der Waals surface area contributed by atoms with Crippen molar-refractivity contribution in [2.24, 2.45) is 0 Å². The van der Waals surface area contributed by atoms with Crippen molar-refractivity contribution in [2.75, 3.05) is 37.4 Å². The summed E-state index contributed by atoms with van der Waals surface area (Å²) in [5, 5.41) is 3.06. The summed E-state index contributed by atoms with van der Waals surface area (Å²) in [5.74, 6) is 0.625. The van der Waals surface area contributed by atoms with Crippen molar-refractivity contribution in [3.8, 4) is 5.75 Å². The Bertz CT molecular complexity index is 376. The average Bonchev–Trinajstić information content (AvgIpc) is 2.38. The van der Waals surface area contributed by atoms with E-state index in [9.17, 15) is 8.78 Å². The van der Waals surface area contributed by atoms with E-state index in [2.05, 4.69) is 5.32 Å². The van der Waals surface area contributed by atoms with Gasteiger partial charge in [-0.05, 0) is 18.6 Å². The first-order valence-corrected chi connectivity index (χ1v) is 6.25. The first-order chi connectivity index (χ1) is 9.13. The van der Waals surface area contributed by atoms with Crippen LogP contribution in [-0.2, 0) is 4.74 Å². The normalized spacial score (nSPS) is 10.7. The number of alkyl halides is 2. The summed E-state index contributed by atoms with van der Waals surface area (Å²) in [4.78, 5) is 0. The van der Waals surface area contributed by atoms with E-state index in [4.69, 9.17) is 15.2 Å². The highest BCUT2D eigenvalue weighted by Gasteiger charge is 2.03. The fourth-order valence-electron chi connectivity index (χ4n) is 1.42. The van der Waals surface area contributed by atoms with E-state index in [1.165, 1.54) is 0 Å². The van der Waals surface area contributed by atoms with E-state index in [-0.39, 0.29) is 6.61 Å². The van der Waals surface area contributed by atoms with Crippen LogP contribution in [0.2, 0.25) is 0 Å². The monoisotopic (exact) mass is 274 g/mol. The minimum absolute atomic E-state index is 0.222. The van der Waals surface area contributed by atoms with Gasteiger partial charge in [-0.25, -0.2) is 8.78 Å². The molecule has 1 aromatic carbocycles. The molecule has 0 saturated carbocycles. The fraction of sp³-hybridized carbons (Fsp3) is 0.538. The Morgan fingerprint density at radius 3 is 2.79 bits per heavy atom. The molecule has 0 unspecified atom stereocenters. The molecule has 0 amide bonds. The van der Waals surface area contributed by atoms with Crippen LogP contribution in [0.15, 0.2) is 18.2 Å². The summed E-state index contributed by atoms with van der Waals surface area (Å²) in [5.41, 5.74) is 7.18. The van der Waals surface area contributed by atoms with Gasteiger partial charge in [0.2, 0.25) is 0 Å². The van der Waals surface area contributed by atoms with Crippen LogP contribution in [0.4, 0.5) is 20.2 Å². The third-order valence-electron chi connectivity index (χ3n) is 2.29. The van der Waals surface area contributed by atoms with Gasteiger partial charge in [0.15, 0.2) is 0 Å². The number of nitrogens with one attached hydrogen (secondary N) is 1. The Hall–Kier alpha value is -1.56. The first kappa shape index (κ1) is 15.5. The minimum Gasteiger partial charge on any atom is -0.491 e. The second kappa shape index (κ2) is 8.53. The lowest BCUT2D eigenvalue weighted by Gasteiger charge is -2.11. The Morgan fingerprint density at radius 2 is 2.11 bits per heavy atom. The molecule has 1 rings (SSSR count). The number of halogens is 2. The Balaban J connectivity index is 2.37. The molecule has 0 spiro atoms. The van der Waals surface area contributed by atoms with E-state index in [0.717, 1.165) is 12.1 Å². The van der Waals surface area contributed by atoms with Crippen LogP contribution in [-0.4, -0.2) is 32.8 Å². The van der Waals surface area contributed by atoms with Crippen LogP contribution in [0, 0.1) is 0 Å². The second-order valence-corrected chi connectivity index (χ2v) is 3.99. The molecular formula is C13H20F2N2O2. The topological polar surface area (TPSA) is 56.5 Å². The standard InChI is InChI=1S/C13H20F2N2O2/c1-2-6-19-12-8-10(3-4-11(12)16)17-5-7-18-9-13(14)15/h3-4,8,13,17H,2,5-7,9,16H2,1H3. The molecule has 0 aliphatic carbocycles. The SMILES string of the molecule is CCCOc1cc(NCCOCC(F)F)ccc1N. The van der Waals surface area contributed by atoms with Gasteiger partial charge in [-0.1, -0.05) is 6.92 Å². The Kier molecular flexibility index (Phi) is 6.95. The summed E-state index contributed by atoms with van der Waals surface area (Å²) in [6, 6.07) is 5.34. The smallest absolute Gasteiger partial charge is 0.261 e. The van der Waals surface area contributed by atoms with Gasteiger partial charge in [-0.2, -0.15) is 0 Å². The predicted octanol–water partition coefficient (Wildman–Crippen LogP) is 2.75. The second-order valence-electron chi connectivity index (χ2n) is 3.99. The number of nitrogens with two attached hydrogens (primary N) is 1. The van der Waals surface area contributed by atoms with Crippen molar-refractivity contribution in [3.05, 3.63) is 18.2 Å². The fourth-order valence-corrected chi connectivity index (χ4v) is 1.42. The van der Waals surface area contributed by atoms with Crippen LogP contribution < -0.4 is 15.8 Å². The van der Waals surface area contributed by atoms with Gasteiger partial charge in [0.25, 0.3) is 6.43 Å². The van der Waals surface area contributed by atoms with Gasteiger partial charge in [0.1, 0.15) is 12.4 Å². The van der Waals surface area contributed by atoms with Crippen molar-refractivity contribution >= 4 is 11.4 Å². The number of rotatable bonds is 9. The van der Waals surface area contributed by atoms with E-state index in [1.807, 2.05) is 6.92 Å². The molecule has 0 fully saturated rings. The molecule has 6 heteroatoms. The predicted molar refractivity (Wildman–Crippen MR) is 72.0 cm³/mol. The molecule has 0 aliphatic rings. The summed E-state index contributed by atoms with van der Waals surface area (Å²) in [6.07, 6.45) is -1.52. The third-order valence-corrected chi connectivity index (χ3v) is 2.29. The van der Waals surface area contributed by atoms with Gasteiger partial charge in [0, 0.05) is 18.3 Å². The van der Waals surface area contributed by atoms with Gasteiger partial charge < -0.3 is 20.5 Å². The lowest BCUT2D eigenvalue weighted by molar-refractivity contribution is 0.0215. The zero-order valence-corrected chi connectivity index (χ0v) is 11.0. The number of anilines is 2. The van der Waals surface area contributed by atoms with E-state index in [1.54, 1.807) is 18.2 Å². The van der Waals surface area contributed by atoms with Gasteiger partial charge >= 0.3 is 0 Å². The zero-order valence-electron chi connectivity index (χ0n) is 11.0. The van der Waals surface area contributed by atoms with Crippen molar-refractivity contribution in [1.82, 2.24) is 0 Å². The van der Waals surface area contributed by atoms with Crippen LogP contribution in [0.1, 0.15) is 13.3 Å². The molecule has 0 bridgehead atoms. The van der Waals surface area contributed by atoms with E-state index >= 15 is 0 Å². The van der Waals surface area contributed by atoms with Crippen molar-refractivity contribution in [1.29, 1.82) is 0 Å². The van der Waals surface area contributed by atoms with Crippen LogP contribution in [0.3, 0.4) is 0 Å². The number of hydrogen-bond acceptors (Lipinski definition) is 4. The maximum atomic E-state index is 11.8. The maximum absolute atomic E-state index is 11.8. The highest BCUT2D eigenvalue weighted by Crippen LogP contribution is 2.25. The lowest BCUT2D eigenvalue weighted by atomic mass is 10.2. The summed E-state index contributed by atoms with van der Waals surface area (Å²) < 4.78 is 33.9. The van der Waals surface area contributed by atoms with E-state index < -0.39 is 13.0 Å². The molecule has 0 aliphatic heterocycles. The average molecular weight is 274 g/mol. The highest BCUT2D eigenvalue weighted by molar-refractivity contribution is 5.61. The molecule has 0 aromatic heterocycles. The number of benzene rings is 1. The third kappa shape index (κ3) is 6.24. The first-order valence-electron chi connectivity index (χ1n) is 6.25. The zero-order chi connectivity index (χ0) is 14.1. The Morgan fingerprint density at radius 1 is 1.32 bits per heavy atom. The van der Waals surface area contributed by atoms with Crippen LogP contribution >= 0.6 is 0 Å². The minimum atomic E-state index is -2.43. The number of nitrogen functional groups attached to an aromatic ring is 1.